The number of ketones is 1. The molecule has 0 atom stereocenters. The number of aromatic nitrogens is 4. The maximum Gasteiger partial charge on any atom is 0.223 e. The average Bonchev–Trinajstić information content (AvgIpc) is 2.67. The number of carbonyl (C=O) groups excluding carboxylic acids is 1. The first-order valence-electron chi connectivity index (χ1n) is 4.26. The predicted molar refractivity (Wildman–Crippen MR) is 47.2 cm³/mol. The van der Waals surface area contributed by atoms with Gasteiger partial charge in [-0.2, -0.15) is 4.68 Å². The van der Waals surface area contributed by atoms with Crippen LogP contribution in [-0.2, 0) is 6.42 Å². The monoisotopic (exact) mass is 186 g/mol. The minimum Gasteiger partial charge on any atom is -0.290 e. The number of rotatable bonds is 0. The summed E-state index contributed by atoms with van der Waals surface area (Å²) in [5.41, 5.74) is 1.87. The van der Waals surface area contributed by atoms with E-state index in [1.807, 2.05) is 24.3 Å². The SMILES string of the molecule is O=C1Cc2ccccc2-n2nnnc21. The molecule has 0 saturated heterocycles. The highest BCUT2D eigenvalue weighted by Crippen LogP contribution is 2.21. The van der Waals surface area contributed by atoms with E-state index < -0.39 is 0 Å². The Kier molecular flexibility index (Phi) is 1.30. The smallest absolute Gasteiger partial charge is 0.223 e. The Morgan fingerprint density at radius 3 is 3.07 bits per heavy atom. The second-order valence-electron chi connectivity index (χ2n) is 3.14. The largest absolute Gasteiger partial charge is 0.290 e. The van der Waals surface area contributed by atoms with Gasteiger partial charge in [-0.05, 0) is 22.1 Å². The van der Waals surface area contributed by atoms with Crippen LogP contribution in [-0.4, -0.2) is 26.0 Å². The van der Waals surface area contributed by atoms with Crippen LogP contribution in [0.1, 0.15) is 16.2 Å². The van der Waals surface area contributed by atoms with E-state index in [-0.39, 0.29) is 5.78 Å². The van der Waals surface area contributed by atoms with Crippen molar-refractivity contribution >= 4 is 5.78 Å². The topological polar surface area (TPSA) is 60.7 Å². The van der Waals surface area contributed by atoms with Gasteiger partial charge in [0.1, 0.15) is 0 Å². The first kappa shape index (κ1) is 7.37. The van der Waals surface area contributed by atoms with Crippen molar-refractivity contribution in [2.45, 2.75) is 6.42 Å². The van der Waals surface area contributed by atoms with E-state index in [9.17, 15) is 4.79 Å². The molecule has 5 nitrogen and oxygen atoms in total. The zero-order valence-electron chi connectivity index (χ0n) is 7.21. The number of hydrogen-bond acceptors (Lipinski definition) is 4. The number of tetrazole rings is 1. The number of benzene rings is 1. The van der Waals surface area contributed by atoms with Gasteiger partial charge in [-0.1, -0.05) is 18.2 Å². The lowest BCUT2D eigenvalue weighted by Crippen LogP contribution is -2.19. The summed E-state index contributed by atoms with van der Waals surface area (Å²) < 4.78 is 1.49. The number of para-hydroxylation sites is 1. The summed E-state index contributed by atoms with van der Waals surface area (Å²) in [6, 6.07) is 7.63. The van der Waals surface area contributed by atoms with E-state index in [4.69, 9.17) is 0 Å². The van der Waals surface area contributed by atoms with E-state index in [1.165, 1.54) is 4.68 Å². The van der Waals surface area contributed by atoms with Crippen molar-refractivity contribution in [3.8, 4) is 5.69 Å². The van der Waals surface area contributed by atoms with E-state index >= 15 is 0 Å². The molecule has 0 unspecified atom stereocenters. The maximum atomic E-state index is 11.5. The Balaban J connectivity index is 2.34. The van der Waals surface area contributed by atoms with Gasteiger partial charge in [-0.3, -0.25) is 4.79 Å². The number of carbonyl (C=O) groups is 1. The van der Waals surface area contributed by atoms with Crippen molar-refractivity contribution in [2.24, 2.45) is 0 Å². The van der Waals surface area contributed by atoms with Crippen LogP contribution in [0.3, 0.4) is 0 Å². The molecule has 1 aliphatic heterocycles. The van der Waals surface area contributed by atoms with E-state index in [1.54, 1.807) is 0 Å². The van der Waals surface area contributed by atoms with E-state index in [2.05, 4.69) is 15.5 Å². The van der Waals surface area contributed by atoms with Crippen molar-refractivity contribution < 1.29 is 4.79 Å². The number of nitrogens with zero attached hydrogens (tertiary/aromatic N) is 4. The predicted octanol–water partition coefficient (Wildman–Crippen LogP) is 0.401. The van der Waals surface area contributed by atoms with Gasteiger partial charge < -0.3 is 0 Å². The Morgan fingerprint density at radius 1 is 1.29 bits per heavy atom. The molecule has 0 fully saturated rings. The highest BCUT2D eigenvalue weighted by atomic mass is 16.1. The first-order chi connectivity index (χ1) is 6.86. The second-order valence-corrected chi connectivity index (χ2v) is 3.14. The standard InChI is InChI=1S/C9H6N4O/c14-8-5-6-3-1-2-4-7(6)13-9(8)10-11-12-13/h1-4H,5H2. The summed E-state index contributed by atoms with van der Waals surface area (Å²) in [5.74, 6) is 0.289. The summed E-state index contributed by atoms with van der Waals surface area (Å²) in [6.07, 6.45) is 0.385. The van der Waals surface area contributed by atoms with Gasteiger partial charge in [-0.25, -0.2) is 0 Å². The molecule has 2 aromatic rings. The van der Waals surface area contributed by atoms with Gasteiger partial charge in [-0.15, -0.1) is 5.10 Å². The summed E-state index contributed by atoms with van der Waals surface area (Å²) in [4.78, 5) is 11.5. The molecule has 3 rings (SSSR count). The third-order valence-corrected chi connectivity index (χ3v) is 2.29. The van der Waals surface area contributed by atoms with Crippen molar-refractivity contribution in [1.82, 2.24) is 20.2 Å². The Labute approximate surface area is 79.4 Å². The van der Waals surface area contributed by atoms with Crippen LogP contribution >= 0.6 is 0 Å². The molecule has 14 heavy (non-hydrogen) atoms. The second kappa shape index (κ2) is 2.47. The Morgan fingerprint density at radius 2 is 2.14 bits per heavy atom. The van der Waals surface area contributed by atoms with Gasteiger partial charge in [0.05, 0.1) is 5.69 Å². The minimum atomic E-state index is -0.0336. The summed E-state index contributed by atoms with van der Waals surface area (Å²) in [5, 5.41) is 11.0. The van der Waals surface area contributed by atoms with Gasteiger partial charge in [0.2, 0.25) is 11.6 Å². The highest BCUT2D eigenvalue weighted by Gasteiger charge is 2.24. The number of Topliss-reactive ketones (excluding diaryl/α,β-unsaturated/α-hetero) is 1. The zero-order valence-corrected chi connectivity index (χ0v) is 7.21. The van der Waals surface area contributed by atoms with E-state index in [0.29, 0.717) is 12.2 Å². The van der Waals surface area contributed by atoms with Crippen molar-refractivity contribution in [2.75, 3.05) is 0 Å². The van der Waals surface area contributed by atoms with Crippen LogP contribution in [0.2, 0.25) is 0 Å². The fraction of sp³-hybridized carbons (Fsp3) is 0.111. The molecular weight excluding hydrogens is 180 g/mol. The Hall–Kier alpha value is -2.04. The Bertz CT molecular complexity index is 517. The molecule has 0 radical (unpaired) electrons. The molecule has 2 heterocycles. The molecule has 0 spiro atoms. The maximum absolute atomic E-state index is 11.5. The van der Waals surface area contributed by atoms with Crippen LogP contribution in [0.15, 0.2) is 24.3 Å². The molecule has 0 bridgehead atoms. The lowest BCUT2D eigenvalue weighted by atomic mass is 10.0. The molecule has 0 aliphatic carbocycles. The van der Waals surface area contributed by atoms with Crippen LogP contribution in [0.5, 0.6) is 0 Å². The highest BCUT2D eigenvalue weighted by molar-refractivity contribution is 5.96. The van der Waals surface area contributed by atoms with Gasteiger partial charge in [0.15, 0.2) is 0 Å². The third kappa shape index (κ3) is 0.834. The number of fused-ring (bicyclic) bond motifs is 3. The molecule has 1 aromatic carbocycles. The molecule has 0 N–H and O–H groups in total. The fourth-order valence-electron chi connectivity index (χ4n) is 1.64. The molecule has 1 aromatic heterocycles. The van der Waals surface area contributed by atoms with Crippen LogP contribution in [0, 0.1) is 0 Å². The first-order valence-corrected chi connectivity index (χ1v) is 4.26. The lowest BCUT2D eigenvalue weighted by Gasteiger charge is -2.13. The van der Waals surface area contributed by atoms with Gasteiger partial charge >= 0.3 is 0 Å². The molecule has 1 aliphatic rings. The molecule has 0 saturated carbocycles. The quantitative estimate of drug-likeness (QED) is 0.597. The van der Waals surface area contributed by atoms with Crippen LogP contribution in [0.25, 0.3) is 5.69 Å². The van der Waals surface area contributed by atoms with Crippen molar-refractivity contribution in [3.05, 3.63) is 35.7 Å². The van der Waals surface area contributed by atoms with Crippen molar-refractivity contribution in [3.63, 3.8) is 0 Å². The van der Waals surface area contributed by atoms with Crippen LogP contribution < -0.4 is 0 Å². The van der Waals surface area contributed by atoms with Gasteiger partial charge in [0, 0.05) is 6.42 Å². The average molecular weight is 186 g/mol. The lowest BCUT2D eigenvalue weighted by molar-refractivity contribution is 0.0976. The molecule has 5 heteroatoms. The summed E-state index contributed by atoms with van der Waals surface area (Å²) >= 11 is 0. The van der Waals surface area contributed by atoms with Gasteiger partial charge in [0.25, 0.3) is 0 Å². The molecule has 0 amide bonds. The van der Waals surface area contributed by atoms with Crippen LogP contribution in [0.4, 0.5) is 0 Å². The molecular formula is C9H6N4O. The number of hydrogen-bond donors (Lipinski definition) is 0. The normalized spacial score (nSPS) is 13.6. The third-order valence-electron chi connectivity index (χ3n) is 2.29. The van der Waals surface area contributed by atoms with E-state index in [0.717, 1.165) is 11.3 Å². The zero-order chi connectivity index (χ0) is 9.54. The summed E-state index contributed by atoms with van der Waals surface area (Å²) in [7, 11) is 0. The summed E-state index contributed by atoms with van der Waals surface area (Å²) in [6.45, 7) is 0. The molecule has 68 valence electrons. The van der Waals surface area contributed by atoms with Crippen molar-refractivity contribution in [1.29, 1.82) is 0 Å². The fourth-order valence-corrected chi connectivity index (χ4v) is 1.64. The minimum absolute atomic E-state index is 0.0336.